The summed E-state index contributed by atoms with van der Waals surface area (Å²) in [6, 6.07) is 8.64. The van der Waals surface area contributed by atoms with Gasteiger partial charge >= 0.3 is 0 Å². The summed E-state index contributed by atoms with van der Waals surface area (Å²) >= 11 is 14.3. The van der Waals surface area contributed by atoms with Gasteiger partial charge in [-0.3, -0.25) is 10.1 Å². The van der Waals surface area contributed by atoms with Crippen LogP contribution >= 0.6 is 39.7 Å². The molecule has 0 fully saturated rings. The van der Waals surface area contributed by atoms with E-state index in [9.17, 15) is 4.79 Å². The number of rotatable bonds is 6. The molecule has 26 heavy (non-hydrogen) atoms. The van der Waals surface area contributed by atoms with Crippen LogP contribution < -0.4 is 15.4 Å². The number of thiocarbonyl (C=S) groups is 1. The number of carbonyl (C=O) groups is 1. The minimum atomic E-state index is -0.356. The molecule has 138 valence electrons. The van der Waals surface area contributed by atoms with E-state index in [0.717, 1.165) is 10.9 Å². The maximum Gasteiger partial charge on any atom is 0.261 e. The number of carbonyl (C=O) groups excluding carboxylic acids is 1. The van der Waals surface area contributed by atoms with Crippen LogP contribution in [0.15, 0.2) is 41.0 Å². The Bertz CT molecular complexity index is 785. The van der Waals surface area contributed by atoms with Gasteiger partial charge in [-0.2, -0.15) is 0 Å². The van der Waals surface area contributed by atoms with Crippen LogP contribution in [0.2, 0.25) is 5.15 Å². The van der Waals surface area contributed by atoms with Crippen molar-refractivity contribution in [1.82, 2.24) is 10.3 Å². The third kappa shape index (κ3) is 6.55. The first kappa shape index (κ1) is 20.6. The second kappa shape index (κ2) is 9.85. The highest BCUT2D eigenvalue weighted by Crippen LogP contribution is 2.24. The molecule has 0 radical (unpaired) electrons. The number of nitrogens with one attached hydrogen (secondary N) is 2. The lowest BCUT2D eigenvalue weighted by molar-refractivity contribution is 0.0973. The zero-order chi connectivity index (χ0) is 19.1. The van der Waals surface area contributed by atoms with Gasteiger partial charge in [0, 0.05) is 4.47 Å². The van der Waals surface area contributed by atoms with E-state index in [2.05, 4.69) is 45.4 Å². The standard InChI is InChI=1S/C18H19BrClN3O2S/c1-11(2)7-8-25-15-5-3-12(19)9-14(15)17(24)23-18(26)22-13-4-6-16(20)21-10-13/h3-6,9-11H,7-8H2,1-2H3,(H2,22,23,24,26). The Labute approximate surface area is 171 Å². The van der Waals surface area contributed by atoms with Crippen LogP contribution in [0.4, 0.5) is 5.69 Å². The van der Waals surface area contributed by atoms with Gasteiger partial charge < -0.3 is 10.1 Å². The van der Waals surface area contributed by atoms with Crippen molar-refractivity contribution in [2.45, 2.75) is 20.3 Å². The molecule has 5 nitrogen and oxygen atoms in total. The average molecular weight is 457 g/mol. The second-order valence-corrected chi connectivity index (χ2v) is 7.66. The third-order valence-corrected chi connectivity index (χ3v) is 4.27. The topological polar surface area (TPSA) is 63.2 Å². The Morgan fingerprint density at radius 3 is 2.77 bits per heavy atom. The SMILES string of the molecule is CC(C)CCOc1ccc(Br)cc1C(=O)NC(=S)Nc1ccc(Cl)nc1. The van der Waals surface area contributed by atoms with E-state index in [0.29, 0.717) is 34.7 Å². The summed E-state index contributed by atoms with van der Waals surface area (Å²) in [6.07, 6.45) is 2.43. The molecule has 0 aliphatic rings. The number of anilines is 1. The summed E-state index contributed by atoms with van der Waals surface area (Å²) in [5.41, 5.74) is 1.03. The molecule has 1 heterocycles. The van der Waals surface area contributed by atoms with Crippen molar-refractivity contribution in [2.75, 3.05) is 11.9 Å². The fourth-order valence-corrected chi connectivity index (χ4v) is 2.68. The van der Waals surface area contributed by atoms with Crippen LogP contribution in [0.25, 0.3) is 0 Å². The van der Waals surface area contributed by atoms with Crippen LogP contribution in [-0.4, -0.2) is 22.6 Å². The molecule has 0 saturated heterocycles. The molecule has 2 N–H and O–H groups in total. The monoisotopic (exact) mass is 455 g/mol. The van der Waals surface area contributed by atoms with Gasteiger partial charge in [-0.25, -0.2) is 4.98 Å². The van der Waals surface area contributed by atoms with Gasteiger partial charge in [0.05, 0.1) is 24.1 Å². The molecule has 1 aromatic heterocycles. The second-order valence-electron chi connectivity index (χ2n) is 5.95. The van der Waals surface area contributed by atoms with Crippen molar-refractivity contribution >= 4 is 56.5 Å². The van der Waals surface area contributed by atoms with Gasteiger partial charge in [0.2, 0.25) is 0 Å². The Morgan fingerprint density at radius 1 is 1.35 bits per heavy atom. The van der Waals surface area contributed by atoms with Gasteiger partial charge in [-0.15, -0.1) is 0 Å². The minimum absolute atomic E-state index is 0.159. The molecule has 2 rings (SSSR count). The van der Waals surface area contributed by atoms with E-state index in [1.807, 2.05) is 6.07 Å². The van der Waals surface area contributed by atoms with Crippen molar-refractivity contribution < 1.29 is 9.53 Å². The highest BCUT2D eigenvalue weighted by molar-refractivity contribution is 9.10. The molecule has 1 aromatic carbocycles. The maximum absolute atomic E-state index is 12.6. The van der Waals surface area contributed by atoms with Crippen LogP contribution in [0.1, 0.15) is 30.6 Å². The molecule has 0 aliphatic heterocycles. The van der Waals surface area contributed by atoms with Crippen LogP contribution in [0.5, 0.6) is 5.75 Å². The van der Waals surface area contributed by atoms with Crippen molar-refractivity contribution in [3.8, 4) is 5.75 Å². The summed E-state index contributed by atoms with van der Waals surface area (Å²) in [5, 5.41) is 6.07. The zero-order valence-corrected chi connectivity index (χ0v) is 17.5. The summed E-state index contributed by atoms with van der Waals surface area (Å²) in [7, 11) is 0. The predicted molar refractivity (Wildman–Crippen MR) is 112 cm³/mol. The molecule has 0 spiro atoms. The summed E-state index contributed by atoms with van der Waals surface area (Å²) in [4.78, 5) is 16.5. The molecule has 0 bridgehead atoms. The van der Waals surface area contributed by atoms with Gasteiger partial charge in [0.25, 0.3) is 5.91 Å². The molecule has 0 saturated carbocycles. The Kier molecular flexibility index (Phi) is 7.81. The van der Waals surface area contributed by atoms with E-state index in [4.69, 9.17) is 28.6 Å². The van der Waals surface area contributed by atoms with Crippen molar-refractivity contribution in [2.24, 2.45) is 5.92 Å². The molecular formula is C18H19BrClN3O2S. The normalized spacial score (nSPS) is 10.5. The Balaban J connectivity index is 2.04. The van der Waals surface area contributed by atoms with Crippen molar-refractivity contribution in [3.63, 3.8) is 0 Å². The average Bonchev–Trinajstić information content (AvgIpc) is 2.57. The molecule has 0 unspecified atom stereocenters. The van der Waals surface area contributed by atoms with Gasteiger partial charge in [-0.05, 0) is 54.9 Å². The van der Waals surface area contributed by atoms with Gasteiger partial charge in [-0.1, -0.05) is 41.4 Å². The molecule has 0 atom stereocenters. The fourth-order valence-electron chi connectivity index (χ4n) is 1.99. The Morgan fingerprint density at radius 2 is 2.12 bits per heavy atom. The van der Waals surface area contributed by atoms with Crippen LogP contribution in [0.3, 0.4) is 0 Å². The van der Waals surface area contributed by atoms with Gasteiger partial charge in [0.15, 0.2) is 5.11 Å². The summed E-state index contributed by atoms with van der Waals surface area (Å²) < 4.78 is 6.54. The lowest BCUT2D eigenvalue weighted by atomic mass is 10.1. The zero-order valence-electron chi connectivity index (χ0n) is 14.4. The highest BCUT2D eigenvalue weighted by atomic mass is 79.9. The molecule has 0 aliphatic carbocycles. The van der Waals surface area contributed by atoms with E-state index in [1.54, 1.807) is 24.3 Å². The first-order valence-electron chi connectivity index (χ1n) is 8.01. The lowest BCUT2D eigenvalue weighted by Gasteiger charge is -2.14. The number of pyridine rings is 1. The smallest absolute Gasteiger partial charge is 0.261 e. The largest absolute Gasteiger partial charge is 0.493 e. The van der Waals surface area contributed by atoms with Crippen molar-refractivity contribution in [3.05, 3.63) is 51.7 Å². The van der Waals surface area contributed by atoms with Gasteiger partial charge in [0.1, 0.15) is 10.9 Å². The Hall–Kier alpha value is -1.70. The number of hydrogen-bond acceptors (Lipinski definition) is 4. The first-order valence-corrected chi connectivity index (χ1v) is 9.59. The minimum Gasteiger partial charge on any atom is -0.493 e. The fraction of sp³-hybridized carbons (Fsp3) is 0.278. The predicted octanol–water partition coefficient (Wildman–Crippen LogP) is 5.05. The number of ether oxygens (including phenoxy) is 1. The van der Waals surface area contributed by atoms with Crippen molar-refractivity contribution in [1.29, 1.82) is 0 Å². The molecule has 1 amide bonds. The number of amides is 1. The lowest BCUT2D eigenvalue weighted by Crippen LogP contribution is -2.34. The van der Waals surface area contributed by atoms with E-state index < -0.39 is 0 Å². The number of hydrogen-bond donors (Lipinski definition) is 2. The number of nitrogens with zero attached hydrogens (tertiary/aromatic N) is 1. The molecule has 8 heteroatoms. The van der Waals surface area contributed by atoms with Crippen LogP contribution in [-0.2, 0) is 0 Å². The summed E-state index contributed by atoms with van der Waals surface area (Å²) in [6.45, 7) is 4.78. The number of halogens is 2. The quantitative estimate of drug-likeness (QED) is 0.470. The number of benzene rings is 1. The van der Waals surface area contributed by atoms with E-state index in [1.165, 1.54) is 6.20 Å². The first-order chi connectivity index (χ1) is 12.3. The molecule has 2 aromatic rings. The third-order valence-electron chi connectivity index (χ3n) is 3.35. The van der Waals surface area contributed by atoms with Crippen LogP contribution in [0, 0.1) is 5.92 Å². The summed E-state index contributed by atoms with van der Waals surface area (Å²) in [5.74, 6) is 0.681. The maximum atomic E-state index is 12.6. The highest BCUT2D eigenvalue weighted by Gasteiger charge is 2.15. The molecular weight excluding hydrogens is 438 g/mol. The van der Waals surface area contributed by atoms with E-state index in [-0.39, 0.29) is 11.0 Å². The van der Waals surface area contributed by atoms with E-state index >= 15 is 0 Å². The number of aromatic nitrogens is 1.